The fourth-order valence-corrected chi connectivity index (χ4v) is 9.28. The first-order valence-corrected chi connectivity index (χ1v) is 19.8. The molecule has 1 N–H and O–H groups in total. The van der Waals surface area contributed by atoms with Gasteiger partial charge in [0.05, 0.1) is 29.2 Å². The maximum Gasteiger partial charge on any atom is 0.425 e. The van der Waals surface area contributed by atoms with Gasteiger partial charge in [0.15, 0.2) is 0 Å². The Kier molecular flexibility index (Phi) is 12.3. The number of carbonyl (C=O) groups excluding carboxylic acids is 2. The van der Waals surface area contributed by atoms with Crippen molar-refractivity contribution in [3.8, 4) is 17.6 Å². The van der Waals surface area contributed by atoms with E-state index in [-0.39, 0.29) is 70.2 Å². The zero-order chi connectivity index (χ0) is 40.3. The van der Waals surface area contributed by atoms with E-state index in [1.807, 2.05) is 24.3 Å². The molecule has 302 valence electrons. The number of benzene rings is 1. The number of aliphatic hydroxyl groups excluding tert-OH is 1. The summed E-state index contributed by atoms with van der Waals surface area (Å²) < 4.78 is 96.3. The number of rotatable bonds is 11. The van der Waals surface area contributed by atoms with Crippen molar-refractivity contribution in [1.29, 1.82) is 5.26 Å². The topological polar surface area (TPSA) is 116 Å². The second-order valence-corrected chi connectivity index (χ2v) is 15.8. The highest BCUT2D eigenvalue weighted by atomic mass is 32.1. The molecule has 2 amide bonds. The van der Waals surface area contributed by atoms with Gasteiger partial charge >= 0.3 is 12.4 Å². The van der Waals surface area contributed by atoms with Crippen LogP contribution < -0.4 is 9.47 Å². The molecule has 2 saturated heterocycles. The van der Waals surface area contributed by atoms with Gasteiger partial charge in [-0.15, -0.1) is 11.3 Å². The number of piperidine rings is 2. The minimum Gasteiger partial charge on any atom is -0.490 e. The van der Waals surface area contributed by atoms with Gasteiger partial charge in [-0.25, -0.2) is 0 Å². The van der Waals surface area contributed by atoms with E-state index in [9.17, 15) is 41.5 Å². The molecule has 2 aromatic heterocycles. The SMILES string of the molecule is CCCC1N(C(=O)c2ncccc2C(F)(F)F)CCCC1(Oc1csc(C(F)(F)F)c1)C(=O)N1CCC(C#N)(c2ccccc2OC2CCC(CCO)C2)CC1. The molecule has 0 bridgehead atoms. The van der Waals surface area contributed by atoms with Crippen molar-refractivity contribution in [2.75, 3.05) is 26.2 Å². The first-order valence-electron chi connectivity index (χ1n) is 18.9. The summed E-state index contributed by atoms with van der Waals surface area (Å²) in [5, 5.41) is 21.2. The summed E-state index contributed by atoms with van der Waals surface area (Å²) >= 11 is 0.380. The van der Waals surface area contributed by atoms with Gasteiger partial charge in [-0.3, -0.25) is 14.6 Å². The molecular weight excluding hydrogens is 763 g/mol. The fraction of sp³-hybridized carbons (Fsp3) is 0.550. The van der Waals surface area contributed by atoms with Gasteiger partial charge in [-0.05, 0) is 75.5 Å². The maximum atomic E-state index is 15.0. The summed E-state index contributed by atoms with van der Waals surface area (Å²) in [6.45, 7) is 1.93. The molecule has 3 fully saturated rings. The molecule has 3 aliphatic rings. The van der Waals surface area contributed by atoms with Gasteiger partial charge < -0.3 is 24.4 Å². The number of nitriles is 1. The lowest BCUT2D eigenvalue weighted by atomic mass is 9.72. The van der Waals surface area contributed by atoms with Crippen molar-refractivity contribution in [3.63, 3.8) is 0 Å². The Morgan fingerprint density at radius 2 is 1.77 bits per heavy atom. The molecule has 0 spiro atoms. The minimum absolute atomic E-state index is 0.0267. The van der Waals surface area contributed by atoms with Crippen LogP contribution in [0, 0.1) is 17.2 Å². The van der Waals surface area contributed by atoms with Gasteiger partial charge in [-0.1, -0.05) is 31.5 Å². The number of likely N-dealkylation sites (tertiary alicyclic amines) is 2. The van der Waals surface area contributed by atoms with Crippen molar-refractivity contribution >= 4 is 23.2 Å². The number of hydrogen-bond acceptors (Lipinski definition) is 8. The highest BCUT2D eigenvalue weighted by molar-refractivity contribution is 7.10. The molecule has 9 nitrogen and oxygen atoms in total. The molecule has 1 aromatic carbocycles. The van der Waals surface area contributed by atoms with E-state index in [0.29, 0.717) is 41.4 Å². The Morgan fingerprint density at radius 1 is 1.02 bits per heavy atom. The van der Waals surface area contributed by atoms with E-state index in [0.717, 1.165) is 53.9 Å². The van der Waals surface area contributed by atoms with Crippen molar-refractivity contribution in [2.45, 2.75) is 107 Å². The van der Waals surface area contributed by atoms with Gasteiger partial charge in [0.1, 0.15) is 22.1 Å². The third-order valence-corrected chi connectivity index (χ3v) is 12.3. The summed E-state index contributed by atoms with van der Waals surface area (Å²) in [5.74, 6) is -1.02. The molecule has 4 heterocycles. The molecule has 0 radical (unpaired) electrons. The quantitative estimate of drug-likeness (QED) is 0.194. The number of aromatic nitrogens is 1. The summed E-state index contributed by atoms with van der Waals surface area (Å²) in [6.07, 6.45) is -4.52. The molecule has 1 aliphatic carbocycles. The third-order valence-electron chi connectivity index (χ3n) is 11.4. The number of amides is 2. The standard InChI is InChI=1S/C40H44F6N4O5S/c1-2-7-32-38(55-28-23-33(56-24-28)40(44,45)46,14-6-18-50(32)35(52)34-30(39(41,42)43)9-5-17-48-34)36(53)49-19-15-37(25-47,16-20-49)29-8-3-4-10-31(29)54-27-12-11-26(22-27)13-21-51/h3-5,8-10,17,23-24,26-27,32,51H,2,6-7,11-16,18-22H2,1H3. The molecule has 4 unspecified atom stereocenters. The number of aliphatic hydroxyl groups is 1. The second kappa shape index (κ2) is 16.6. The average molecular weight is 807 g/mol. The van der Waals surface area contributed by atoms with E-state index >= 15 is 4.79 Å². The number of para-hydroxylation sites is 1. The number of halogens is 6. The fourth-order valence-electron chi connectivity index (χ4n) is 8.60. The van der Waals surface area contributed by atoms with E-state index in [4.69, 9.17) is 9.47 Å². The van der Waals surface area contributed by atoms with Crippen molar-refractivity contribution in [3.05, 3.63) is 75.7 Å². The van der Waals surface area contributed by atoms with Crippen LogP contribution in [0.25, 0.3) is 0 Å². The first-order chi connectivity index (χ1) is 26.7. The molecule has 1 saturated carbocycles. The average Bonchev–Trinajstić information content (AvgIpc) is 3.85. The Morgan fingerprint density at radius 3 is 2.43 bits per heavy atom. The highest BCUT2D eigenvalue weighted by Gasteiger charge is 2.57. The minimum atomic E-state index is -4.91. The third kappa shape index (κ3) is 8.34. The van der Waals surface area contributed by atoms with Crippen LogP contribution in [0.1, 0.15) is 97.6 Å². The Balaban J connectivity index is 1.32. The Labute approximate surface area is 325 Å². The second-order valence-electron chi connectivity index (χ2n) is 14.9. The van der Waals surface area contributed by atoms with Crippen molar-refractivity contribution in [2.24, 2.45) is 5.92 Å². The number of pyridine rings is 1. The zero-order valence-electron chi connectivity index (χ0n) is 30.9. The largest absolute Gasteiger partial charge is 0.490 e. The highest BCUT2D eigenvalue weighted by Crippen LogP contribution is 2.45. The zero-order valence-corrected chi connectivity index (χ0v) is 31.7. The summed E-state index contributed by atoms with van der Waals surface area (Å²) in [6, 6.07) is 11.2. The van der Waals surface area contributed by atoms with Crippen LogP contribution in [0.2, 0.25) is 0 Å². The van der Waals surface area contributed by atoms with Crippen LogP contribution in [0.4, 0.5) is 26.3 Å². The van der Waals surface area contributed by atoms with Crippen LogP contribution in [0.15, 0.2) is 54.0 Å². The number of nitrogens with zero attached hydrogens (tertiary/aromatic N) is 4. The summed E-state index contributed by atoms with van der Waals surface area (Å²) in [7, 11) is 0. The van der Waals surface area contributed by atoms with E-state index in [2.05, 4.69) is 11.1 Å². The summed E-state index contributed by atoms with van der Waals surface area (Å²) in [4.78, 5) is 34.6. The van der Waals surface area contributed by atoms with Gasteiger partial charge in [0.2, 0.25) is 5.60 Å². The lowest BCUT2D eigenvalue weighted by molar-refractivity contribution is -0.160. The molecule has 6 rings (SSSR count). The molecule has 56 heavy (non-hydrogen) atoms. The lowest BCUT2D eigenvalue weighted by Crippen LogP contribution is -2.68. The molecule has 2 aliphatic heterocycles. The van der Waals surface area contributed by atoms with E-state index in [1.165, 1.54) is 4.90 Å². The number of ether oxygens (including phenoxy) is 2. The van der Waals surface area contributed by atoms with Gasteiger partial charge in [-0.2, -0.15) is 31.6 Å². The van der Waals surface area contributed by atoms with Gasteiger partial charge in [0.25, 0.3) is 11.8 Å². The normalized spacial score (nSPS) is 24.1. The van der Waals surface area contributed by atoms with Crippen LogP contribution in [-0.4, -0.2) is 75.7 Å². The van der Waals surface area contributed by atoms with Crippen LogP contribution in [0.3, 0.4) is 0 Å². The maximum absolute atomic E-state index is 15.0. The Hall–Kier alpha value is -4.36. The van der Waals surface area contributed by atoms with Crippen molar-refractivity contribution < 1.29 is 50.5 Å². The number of hydrogen-bond donors (Lipinski definition) is 1. The number of thiophene rings is 1. The van der Waals surface area contributed by atoms with Crippen LogP contribution >= 0.6 is 11.3 Å². The smallest absolute Gasteiger partial charge is 0.425 e. The molecule has 3 aromatic rings. The van der Waals surface area contributed by atoms with E-state index in [1.54, 1.807) is 6.92 Å². The summed E-state index contributed by atoms with van der Waals surface area (Å²) in [5.41, 5.74) is -4.44. The number of alkyl halides is 6. The van der Waals surface area contributed by atoms with E-state index < -0.39 is 57.4 Å². The number of carbonyl (C=O) groups is 2. The van der Waals surface area contributed by atoms with Crippen molar-refractivity contribution in [1.82, 2.24) is 14.8 Å². The predicted molar refractivity (Wildman–Crippen MR) is 194 cm³/mol. The molecule has 16 heteroatoms. The van der Waals surface area contributed by atoms with Crippen LogP contribution in [0.5, 0.6) is 11.5 Å². The Bertz CT molecular complexity index is 1910. The monoisotopic (exact) mass is 806 g/mol. The predicted octanol–water partition coefficient (Wildman–Crippen LogP) is 8.42. The lowest BCUT2D eigenvalue weighted by Gasteiger charge is -2.51. The first kappa shape index (κ1) is 41.3. The molecule has 4 atom stereocenters. The van der Waals surface area contributed by atoms with Gasteiger partial charge in [0, 0.05) is 55.9 Å². The van der Waals surface area contributed by atoms with Crippen LogP contribution in [-0.2, 0) is 22.6 Å². The molecular formula is C40H44F6N4O5S.